The number of H-pyrrole nitrogens is 2. The van der Waals surface area contributed by atoms with Crippen LogP contribution in [0.4, 0.5) is 0 Å². The zero-order valence-corrected chi connectivity index (χ0v) is 13.7. The van der Waals surface area contributed by atoms with Crippen LogP contribution in [-0.4, -0.2) is 36.9 Å². The summed E-state index contributed by atoms with van der Waals surface area (Å²) in [7, 11) is 1.52. The molecule has 0 aliphatic rings. The quantitative estimate of drug-likeness (QED) is 0.583. The Bertz CT molecular complexity index is 1030. The van der Waals surface area contributed by atoms with E-state index in [1.165, 1.54) is 16.2 Å². The number of aromatic nitrogens is 4. The van der Waals surface area contributed by atoms with Crippen LogP contribution in [0.3, 0.4) is 0 Å². The monoisotopic (exact) mass is 348 g/mol. The third kappa shape index (κ3) is 3.03. The van der Waals surface area contributed by atoms with E-state index in [1.54, 1.807) is 12.1 Å². The standard InChI is InChI=1S/C15H16N4O4S/c1-18-12-11(13(21)17-14(18)22)19(15(24)16-12)7-9(20)8-23-10-5-3-2-4-6-10/h2-6,9,20H,7-8H2,1H3,(H,16,24)(H,17,21,22). The lowest BCUT2D eigenvalue weighted by molar-refractivity contribution is 0.0931. The van der Waals surface area contributed by atoms with Gasteiger partial charge in [0.2, 0.25) is 0 Å². The van der Waals surface area contributed by atoms with E-state index in [0.29, 0.717) is 11.4 Å². The molecule has 0 saturated heterocycles. The fourth-order valence-corrected chi connectivity index (χ4v) is 2.68. The van der Waals surface area contributed by atoms with Gasteiger partial charge in [-0.1, -0.05) is 18.2 Å². The number of aryl methyl sites for hydroxylation is 1. The summed E-state index contributed by atoms with van der Waals surface area (Å²) in [5, 5.41) is 10.2. The van der Waals surface area contributed by atoms with Gasteiger partial charge in [-0.25, -0.2) is 4.79 Å². The molecule has 2 aromatic heterocycles. The molecule has 0 aliphatic heterocycles. The Labute approximate surface area is 141 Å². The van der Waals surface area contributed by atoms with E-state index in [2.05, 4.69) is 9.97 Å². The highest BCUT2D eigenvalue weighted by molar-refractivity contribution is 7.71. The minimum Gasteiger partial charge on any atom is -0.491 e. The number of aromatic amines is 2. The Balaban J connectivity index is 1.86. The second kappa shape index (κ2) is 6.46. The van der Waals surface area contributed by atoms with E-state index in [9.17, 15) is 14.7 Å². The molecule has 3 N–H and O–H groups in total. The van der Waals surface area contributed by atoms with E-state index in [4.69, 9.17) is 17.0 Å². The summed E-state index contributed by atoms with van der Waals surface area (Å²) >= 11 is 5.20. The average molecular weight is 348 g/mol. The van der Waals surface area contributed by atoms with E-state index in [0.717, 1.165) is 0 Å². The summed E-state index contributed by atoms with van der Waals surface area (Å²) in [5.41, 5.74) is -0.578. The van der Waals surface area contributed by atoms with Gasteiger partial charge in [0.1, 0.15) is 24.1 Å². The molecular weight excluding hydrogens is 332 g/mol. The molecule has 0 aliphatic carbocycles. The maximum atomic E-state index is 12.1. The Morgan fingerprint density at radius 2 is 1.96 bits per heavy atom. The lowest BCUT2D eigenvalue weighted by Crippen LogP contribution is -2.30. The van der Waals surface area contributed by atoms with Crippen molar-refractivity contribution in [1.29, 1.82) is 0 Å². The van der Waals surface area contributed by atoms with Crippen LogP contribution in [0.1, 0.15) is 0 Å². The average Bonchev–Trinajstić information content (AvgIpc) is 2.89. The first-order valence-electron chi connectivity index (χ1n) is 7.25. The summed E-state index contributed by atoms with van der Waals surface area (Å²) in [4.78, 5) is 28.8. The van der Waals surface area contributed by atoms with Crippen LogP contribution in [0, 0.1) is 4.77 Å². The Morgan fingerprint density at radius 3 is 2.67 bits per heavy atom. The number of aliphatic hydroxyl groups excluding tert-OH is 1. The molecule has 126 valence electrons. The molecule has 1 atom stereocenters. The Hall–Kier alpha value is -2.65. The van der Waals surface area contributed by atoms with Crippen molar-refractivity contribution in [2.24, 2.45) is 7.05 Å². The molecule has 1 unspecified atom stereocenters. The van der Waals surface area contributed by atoms with E-state index in [1.807, 2.05) is 18.2 Å². The van der Waals surface area contributed by atoms with E-state index >= 15 is 0 Å². The fraction of sp³-hybridized carbons (Fsp3) is 0.267. The zero-order chi connectivity index (χ0) is 17.3. The number of hydrogen-bond donors (Lipinski definition) is 3. The van der Waals surface area contributed by atoms with Gasteiger partial charge in [-0.3, -0.25) is 14.3 Å². The molecule has 3 aromatic rings. The topological polar surface area (TPSA) is 105 Å². The SMILES string of the molecule is Cn1c(=O)[nH]c(=O)c2c1[nH]c(=S)n2CC(O)COc1ccccc1. The number of nitrogens with one attached hydrogen (secondary N) is 2. The van der Waals surface area contributed by atoms with Crippen molar-refractivity contribution in [3.8, 4) is 5.75 Å². The van der Waals surface area contributed by atoms with Gasteiger partial charge in [-0.2, -0.15) is 0 Å². The highest BCUT2D eigenvalue weighted by atomic mass is 32.1. The molecule has 0 fully saturated rings. The number of imidazole rings is 1. The van der Waals surface area contributed by atoms with E-state index in [-0.39, 0.29) is 23.4 Å². The van der Waals surface area contributed by atoms with Gasteiger partial charge < -0.3 is 19.4 Å². The molecule has 24 heavy (non-hydrogen) atoms. The maximum Gasteiger partial charge on any atom is 0.329 e. The highest BCUT2D eigenvalue weighted by Gasteiger charge is 2.15. The first kappa shape index (κ1) is 16.2. The molecular formula is C15H16N4O4S. The van der Waals surface area contributed by atoms with Crippen molar-refractivity contribution in [3.63, 3.8) is 0 Å². The number of rotatable bonds is 5. The molecule has 0 spiro atoms. The van der Waals surface area contributed by atoms with E-state index < -0.39 is 17.4 Å². The maximum absolute atomic E-state index is 12.1. The predicted molar refractivity (Wildman–Crippen MR) is 90.9 cm³/mol. The smallest absolute Gasteiger partial charge is 0.329 e. The van der Waals surface area contributed by atoms with Gasteiger partial charge in [-0.15, -0.1) is 0 Å². The first-order chi connectivity index (χ1) is 11.5. The minimum atomic E-state index is -0.882. The normalized spacial score (nSPS) is 12.4. The van der Waals surface area contributed by atoms with Gasteiger partial charge >= 0.3 is 5.69 Å². The van der Waals surface area contributed by atoms with Gasteiger partial charge in [0, 0.05) is 7.05 Å². The van der Waals surface area contributed by atoms with Gasteiger partial charge in [-0.05, 0) is 24.4 Å². The van der Waals surface area contributed by atoms with Crippen LogP contribution in [-0.2, 0) is 13.6 Å². The van der Waals surface area contributed by atoms with Gasteiger partial charge in [0.15, 0.2) is 10.3 Å². The van der Waals surface area contributed by atoms with Crippen molar-refractivity contribution in [3.05, 3.63) is 55.9 Å². The van der Waals surface area contributed by atoms with Crippen molar-refractivity contribution in [1.82, 2.24) is 19.1 Å². The number of aliphatic hydroxyl groups is 1. The lowest BCUT2D eigenvalue weighted by Gasteiger charge is -2.13. The van der Waals surface area contributed by atoms with Crippen molar-refractivity contribution in [2.75, 3.05) is 6.61 Å². The molecule has 9 heteroatoms. The summed E-state index contributed by atoms with van der Waals surface area (Å²) in [6, 6.07) is 9.09. The third-order valence-electron chi connectivity index (χ3n) is 3.62. The number of benzene rings is 1. The summed E-state index contributed by atoms with van der Waals surface area (Å²) < 4.78 is 8.46. The second-order valence-corrected chi connectivity index (χ2v) is 5.72. The van der Waals surface area contributed by atoms with Crippen molar-refractivity contribution in [2.45, 2.75) is 12.6 Å². The zero-order valence-electron chi connectivity index (χ0n) is 12.9. The molecule has 3 rings (SSSR count). The molecule has 0 radical (unpaired) electrons. The molecule has 0 bridgehead atoms. The van der Waals surface area contributed by atoms with Crippen molar-refractivity contribution < 1.29 is 9.84 Å². The largest absolute Gasteiger partial charge is 0.491 e. The minimum absolute atomic E-state index is 0.0438. The van der Waals surface area contributed by atoms with Crippen LogP contribution in [0.2, 0.25) is 0 Å². The molecule has 2 heterocycles. The fourth-order valence-electron chi connectivity index (χ4n) is 2.42. The number of ether oxygens (including phenoxy) is 1. The summed E-state index contributed by atoms with van der Waals surface area (Å²) in [5.74, 6) is 0.638. The summed E-state index contributed by atoms with van der Waals surface area (Å²) in [6.07, 6.45) is -0.882. The highest BCUT2D eigenvalue weighted by Crippen LogP contribution is 2.11. The Morgan fingerprint density at radius 1 is 1.25 bits per heavy atom. The van der Waals surface area contributed by atoms with Crippen molar-refractivity contribution >= 4 is 23.4 Å². The molecule has 0 amide bonds. The van der Waals surface area contributed by atoms with Crippen LogP contribution in [0.25, 0.3) is 11.2 Å². The van der Waals surface area contributed by atoms with Crippen LogP contribution < -0.4 is 16.0 Å². The van der Waals surface area contributed by atoms with Crippen LogP contribution in [0.5, 0.6) is 5.75 Å². The van der Waals surface area contributed by atoms with Gasteiger partial charge in [0.25, 0.3) is 5.56 Å². The summed E-state index contributed by atoms with van der Waals surface area (Å²) in [6.45, 7) is 0.106. The number of hydrogen-bond acceptors (Lipinski definition) is 5. The molecule has 1 aromatic carbocycles. The number of fused-ring (bicyclic) bond motifs is 1. The Kier molecular flexibility index (Phi) is 4.36. The van der Waals surface area contributed by atoms with Crippen LogP contribution in [0.15, 0.2) is 39.9 Å². The molecule has 0 saturated carbocycles. The molecule has 8 nitrogen and oxygen atoms in total. The number of para-hydroxylation sites is 1. The lowest BCUT2D eigenvalue weighted by atomic mass is 10.3. The van der Waals surface area contributed by atoms with Crippen LogP contribution >= 0.6 is 12.2 Å². The number of nitrogens with zero attached hydrogens (tertiary/aromatic N) is 2. The predicted octanol–water partition coefficient (Wildman–Crippen LogP) is 0.526. The third-order valence-corrected chi connectivity index (χ3v) is 3.94. The second-order valence-electron chi connectivity index (χ2n) is 5.33. The van der Waals surface area contributed by atoms with Gasteiger partial charge in [0.05, 0.1) is 6.54 Å². The first-order valence-corrected chi connectivity index (χ1v) is 7.66.